The Kier molecular flexibility index (Phi) is 3.20. The van der Waals surface area contributed by atoms with Gasteiger partial charge in [-0.15, -0.1) is 0 Å². The van der Waals surface area contributed by atoms with Gasteiger partial charge in [-0.2, -0.15) is 8.42 Å². The van der Waals surface area contributed by atoms with Crippen molar-refractivity contribution in [2.24, 2.45) is 0 Å². The molecule has 0 amide bonds. The third kappa shape index (κ3) is 2.21. The van der Waals surface area contributed by atoms with Crippen molar-refractivity contribution in [1.29, 1.82) is 0 Å². The number of halogens is 1. The fourth-order valence-corrected chi connectivity index (χ4v) is 5.02. The van der Waals surface area contributed by atoms with Crippen molar-refractivity contribution in [3.05, 3.63) is 58.6 Å². The van der Waals surface area contributed by atoms with Crippen LogP contribution in [0.15, 0.2) is 53.0 Å². The number of hydrogen-bond donors (Lipinski definition) is 0. The SMILES string of the molecule is O=S1(=O)N(Cc2ccc(Br)cc2)c2ccccc2N1C1CC1. The summed E-state index contributed by atoms with van der Waals surface area (Å²) in [5.74, 6) is 0. The number of rotatable bonds is 3. The lowest BCUT2D eigenvalue weighted by Crippen LogP contribution is -2.38. The van der Waals surface area contributed by atoms with Crippen molar-refractivity contribution < 1.29 is 8.42 Å². The smallest absolute Gasteiger partial charge is 0.248 e. The Bertz CT molecular complexity index is 816. The molecular formula is C16H15BrN2O2S. The number of anilines is 2. The van der Waals surface area contributed by atoms with E-state index in [0.717, 1.165) is 34.3 Å². The van der Waals surface area contributed by atoms with Gasteiger partial charge in [-0.3, -0.25) is 0 Å². The Morgan fingerprint density at radius 1 is 1.00 bits per heavy atom. The Morgan fingerprint density at radius 2 is 1.64 bits per heavy atom. The van der Waals surface area contributed by atoms with Crippen molar-refractivity contribution in [3.63, 3.8) is 0 Å². The van der Waals surface area contributed by atoms with Crippen LogP contribution >= 0.6 is 15.9 Å². The Morgan fingerprint density at radius 3 is 2.27 bits per heavy atom. The molecular weight excluding hydrogens is 364 g/mol. The summed E-state index contributed by atoms with van der Waals surface area (Å²) in [7, 11) is -3.48. The molecule has 4 rings (SSSR count). The minimum Gasteiger partial charge on any atom is -0.248 e. The maximum absolute atomic E-state index is 12.9. The van der Waals surface area contributed by atoms with Gasteiger partial charge in [0.1, 0.15) is 0 Å². The van der Waals surface area contributed by atoms with E-state index in [1.54, 1.807) is 4.31 Å². The van der Waals surface area contributed by atoms with Crippen LogP contribution in [0.25, 0.3) is 0 Å². The highest BCUT2D eigenvalue weighted by atomic mass is 79.9. The van der Waals surface area contributed by atoms with Gasteiger partial charge in [0.05, 0.1) is 17.9 Å². The van der Waals surface area contributed by atoms with Crippen molar-refractivity contribution in [3.8, 4) is 0 Å². The first-order valence-corrected chi connectivity index (χ1v) is 9.42. The Balaban J connectivity index is 1.76. The molecule has 0 unspecified atom stereocenters. The van der Waals surface area contributed by atoms with Gasteiger partial charge >= 0.3 is 10.2 Å². The zero-order valence-corrected chi connectivity index (χ0v) is 14.2. The molecule has 114 valence electrons. The van der Waals surface area contributed by atoms with Gasteiger partial charge in [-0.05, 0) is 42.7 Å². The molecule has 2 aliphatic rings. The highest BCUT2D eigenvalue weighted by Gasteiger charge is 2.47. The van der Waals surface area contributed by atoms with E-state index in [9.17, 15) is 8.42 Å². The number of benzene rings is 2. The van der Waals surface area contributed by atoms with Crippen LogP contribution in [0.3, 0.4) is 0 Å². The van der Waals surface area contributed by atoms with Crippen LogP contribution in [0, 0.1) is 0 Å². The molecule has 0 saturated heterocycles. The van der Waals surface area contributed by atoms with E-state index in [1.807, 2.05) is 48.5 Å². The quantitative estimate of drug-likeness (QED) is 0.816. The van der Waals surface area contributed by atoms with Crippen LogP contribution in [0.2, 0.25) is 0 Å². The summed E-state index contributed by atoms with van der Waals surface area (Å²) in [5, 5.41) is 0. The highest BCUT2D eigenvalue weighted by molar-refractivity contribution is 9.10. The third-order valence-electron chi connectivity index (χ3n) is 4.03. The summed E-state index contributed by atoms with van der Waals surface area (Å²) in [4.78, 5) is 0. The molecule has 1 fully saturated rings. The molecule has 2 aromatic rings. The second-order valence-electron chi connectivity index (χ2n) is 5.66. The second-order valence-corrected chi connectivity index (χ2v) is 8.30. The summed E-state index contributed by atoms with van der Waals surface area (Å²) in [6.07, 6.45) is 1.89. The van der Waals surface area contributed by atoms with Gasteiger partial charge < -0.3 is 0 Å². The lowest BCUT2D eigenvalue weighted by Gasteiger charge is -2.21. The molecule has 0 N–H and O–H groups in total. The van der Waals surface area contributed by atoms with E-state index >= 15 is 0 Å². The van der Waals surface area contributed by atoms with Crippen LogP contribution in [0.1, 0.15) is 18.4 Å². The van der Waals surface area contributed by atoms with Gasteiger partial charge in [0.25, 0.3) is 0 Å². The molecule has 4 nitrogen and oxygen atoms in total. The molecule has 1 saturated carbocycles. The Labute approximate surface area is 138 Å². The van der Waals surface area contributed by atoms with Gasteiger partial charge in [-0.1, -0.05) is 40.2 Å². The topological polar surface area (TPSA) is 40.6 Å². The van der Waals surface area contributed by atoms with E-state index in [0.29, 0.717) is 6.54 Å². The van der Waals surface area contributed by atoms with Crippen molar-refractivity contribution in [1.82, 2.24) is 0 Å². The second kappa shape index (κ2) is 4.99. The predicted octanol–water partition coefficient (Wildman–Crippen LogP) is 3.68. The monoisotopic (exact) mass is 378 g/mol. The largest absolute Gasteiger partial charge is 0.327 e. The molecule has 1 aliphatic heterocycles. The molecule has 1 aliphatic carbocycles. The number of para-hydroxylation sites is 2. The first-order valence-electron chi connectivity index (χ1n) is 7.23. The molecule has 1 heterocycles. The zero-order valence-electron chi connectivity index (χ0n) is 11.8. The van der Waals surface area contributed by atoms with Crippen LogP contribution in [0.4, 0.5) is 11.4 Å². The lowest BCUT2D eigenvalue weighted by atomic mass is 10.2. The van der Waals surface area contributed by atoms with E-state index in [4.69, 9.17) is 0 Å². The highest BCUT2D eigenvalue weighted by Crippen LogP contribution is 2.47. The lowest BCUT2D eigenvalue weighted by molar-refractivity contribution is 0.588. The first kappa shape index (κ1) is 14.1. The summed E-state index contributed by atoms with van der Waals surface area (Å²) in [5.41, 5.74) is 2.55. The molecule has 22 heavy (non-hydrogen) atoms. The molecule has 0 atom stereocenters. The predicted molar refractivity (Wildman–Crippen MR) is 91.2 cm³/mol. The molecule has 6 heteroatoms. The van der Waals surface area contributed by atoms with Gasteiger partial charge in [0, 0.05) is 10.5 Å². The fraction of sp³-hybridized carbons (Fsp3) is 0.250. The average molecular weight is 379 g/mol. The summed E-state index contributed by atoms with van der Waals surface area (Å²) in [6.45, 7) is 0.357. The maximum atomic E-state index is 12.9. The maximum Gasteiger partial charge on any atom is 0.327 e. The van der Waals surface area contributed by atoms with E-state index < -0.39 is 10.2 Å². The normalized spacial score (nSPS) is 19.3. The number of nitrogens with zero attached hydrogens (tertiary/aromatic N) is 2. The number of hydrogen-bond acceptors (Lipinski definition) is 2. The summed E-state index contributed by atoms with van der Waals surface area (Å²) < 4.78 is 30.0. The zero-order chi connectivity index (χ0) is 15.3. The van der Waals surface area contributed by atoms with Crippen LogP contribution < -0.4 is 8.61 Å². The number of fused-ring (bicyclic) bond motifs is 1. The van der Waals surface area contributed by atoms with Gasteiger partial charge in [0.2, 0.25) is 0 Å². The van der Waals surface area contributed by atoms with Gasteiger partial charge in [0.15, 0.2) is 0 Å². The summed E-state index contributed by atoms with van der Waals surface area (Å²) in [6, 6.07) is 15.4. The molecule has 0 aromatic heterocycles. The molecule has 0 bridgehead atoms. The minimum atomic E-state index is -3.48. The standard InChI is InChI=1S/C16H15BrN2O2S/c17-13-7-5-12(6-8-13)11-18-15-3-1-2-4-16(15)19(14-9-10-14)22(18,20)21/h1-8,14H,9-11H2. The molecule has 2 aromatic carbocycles. The first-order chi connectivity index (χ1) is 10.6. The van der Waals surface area contributed by atoms with Crippen molar-refractivity contribution >= 4 is 37.5 Å². The molecule has 0 radical (unpaired) electrons. The Hall–Kier alpha value is -1.53. The van der Waals surface area contributed by atoms with E-state index in [2.05, 4.69) is 15.9 Å². The van der Waals surface area contributed by atoms with Crippen molar-refractivity contribution in [2.45, 2.75) is 25.4 Å². The van der Waals surface area contributed by atoms with Crippen molar-refractivity contribution in [2.75, 3.05) is 8.61 Å². The average Bonchev–Trinajstić information content (AvgIpc) is 3.29. The summed E-state index contributed by atoms with van der Waals surface area (Å²) >= 11 is 3.40. The van der Waals surface area contributed by atoms with Gasteiger partial charge in [-0.25, -0.2) is 8.61 Å². The third-order valence-corrected chi connectivity index (χ3v) is 6.44. The fourth-order valence-electron chi connectivity index (χ4n) is 2.83. The minimum absolute atomic E-state index is 0.126. The van der Waals surface area contributed by atoms with Crippen LogP contribution in [0.5, 0.6) is 0 Å². The van der Waals surface area contributed by atoms with Crippen LogP contribution in [-0.2, 0) is 16.8 Å². The van der Waals surface area contributed by atoms with E-state index in [-0.39, 0.29) is 6.04 Å². The molecule has 0 spiro atoms. The van der Waals surface area contributed by atoms with E-state index in [1.165, 1.54) is 4.31 Å². The van der Waals surface area contributed by atoms with Crippen LogP contribution in [-0.4, -0.2) is 14.5 Å².